The normalized spacial score (nSPS) is 11.5. The van der Waals surface area contributed by atoms with Crippen LogP contribution in [0.3, 0.4) is 0 Å². The molecule has 8 heteroatoms. The molecule has 0 saturated heterocycles. The molecule has 0 aliphatic carbocycles. The third-order valence-electron chi connectivity index (χ3n) is 5.11. The van der Waals surface area contributed by atoms with Crippen LogP contribution in [0.4, 0.5) is 0 Å². The Bertz CT molecular complexity index is 1130. The maximum Gasteiger partial charge on any atom is 0.261 e. The standard InChI is InChI=1S/C26H25BrCl2N2O3/c1-2-30-26(33)23(14-18-7-4-3-5-8-18)31(16-19-9-6-10-20(28)13-19)25(32)17-34-24-12-11-21(29)15-22(24)27/h3-13,15,23H,2,14,16-17H2,1H3,(H,30,33)/t23-/m1/s1. The van der Waals surface area contributed by atoms with E-state index in [0.29, 0.717) is 33.2 Å². The summed E-state index contributed by atoms with van der Waals surface area (Å²) < 4.78 is 6.42. The average molecular weight is 564 g/mol. The van der Waals surface area contributed by atoms with Crippen LogP contribution in [0.25, 0.3) is 0 Å². The van der Waals surface area contributed by atoms with Crippen molar-refractivity contribution in [2.75, 3.05) is 13.2 Å². The maximum absolute atomic E-state index is 13.5. The number of nitrogens with zero attached hydrogens (tertiary/aromatic N) is 1. The highest BCUT2D eigenvalue weighted by Gasteiger charge is 2.30. The lowest BCUT2D eigenvalue weighted by molar-refractivity contribution is -0.142. The van der Waals surface area contributed by atoms with E-state index in [4.69, 9.17) is 27.9 Å². The van der Waals surface area contributed by atoms with Gasteiger partial charge in [-0.1, -0.05) is 65.7 Å². The van der Waals surface area contributed by atoms with E-state index in [0.717, 1.165) is 11.1 Å². The Balaban J connectivity index is 1.90. The predicted octanol–water partition coefficient (Wildman–Crippen LogP) is 5.91. The van der Waals surface area contributed by atoms with Gasteiger partial charge in [0.25, 0.3) is 5.91 Å². The summed E-state index contributed by atoms with van der Waals surface area (Å²) in [6.45, 7) is 2.27. The van der Waals surface area contributed by atoms with Crippen molar-refractivity contribution in [3.8, 4) is 5.75 Å². The first-order valence-corrected chi connectivity index (χ1v) is 12.4. The summed E-state index contributed by atoms with van der Waals surface area (Å²) in [5.41, 5.74) is 1.76. The Hall–Kier alpha value is -2.54. The molecule has 5 nitrogen and oxygen atoms in total. The third-order valence-corrected chi connectivity index (χ3v) is 6.20. The SMILES string of the molecule is CCNC(=O)[C@@H](Cc1ccccc1)N(Cc1cccc(Cl)c1)C(=O)COc1ccc(Cl)cc1Br. The number of carbonyl (C=O) groups is 2. The van der Waals surface area contributed by atoms with Crippen molar-refractivity contribution in [3.05, 3.63) is 98.4 Å². The molecule has 34 heavy (non-hydrogen) atoms. The molecule has 0 bridgehead atoms. The number of rotatable bonds is 10. The van der Waals surface area contributed by atoms with E-state index in [1.165, 1.54) is 0 Å². The van der Waals surface area contributed by atoms with Gasteiger partial charge in [-0.05, 0) is 64.3 Å². The highest BCUT2D eigenvalue weighted by Crippen LogP contribution is 2.28. The van der Waals surface area contributed by atoms with Crippen LogP contribution in [0, 0.1) is 0 Å². The predicted molar refractivity (Wildman–Crippen MR) is 139 cm³/mol. The maximum atomic E-state index is 13.5. The summed E-state index contributed by atoms with van der Waals surface area (Å²) >= 11 is 15.6. The summed E-state index contributed by atoms with van der Waals surface area (Å²) in [4.78, 5) is 28.1. The molecular formula is C26H25BrCl2N2O3. The number of nitrogens with one attached hydrogen (secondary N) is 1. The first-order valence-electron chi connectivity index (χ1n) is 10.8. The molecule has 2 amide bonds. The number of halogens is 3. The fourth-order valence-electron chi connectivity index (χ4n) is 3.49. The molecule has 3 rings (SSSR count). The molecule has 0 aromatic heterocycles. The van der Waals surface area contributed by atoms with Gasteiger partial charge in [0.2, 0.25) is 5.91 Å². The highest BCUT2D eigenvalue weighted by atomic mass is 79.9. The number of ether oxygens (including phenoxy) is 1. The monoisotopic (exact) mass is 562 g/mol. The minimum atomic E-state index is -0.730. The van der Waals surface area contributed by atoms with E-state index in [1.807, 2.05) is 49.4 Å². The zero-order chi connectivity index (χ0) is 24.5. The Kier molecular flexibility index (Phi) is 9.81. The van der Waals surface area contributed by atoms with Crippen molar-refractivity contribution in [1.82, 2.24) is 10.2 Å². The zero-order valence-corrected chi connectivity index (χ0v) is 21.7. The van der Waals surface area contributed by atoms with Crippen LogP contribution in [-0.2, 0) is 22.6 Å². The van der Waals surface area contributed by atoms with Crippen molar-refractivity contribution in [2.24, 2.45) is 0 Å². The number of likely N-dealkylation sites (N-methyl/N-ethyl adjacent to an activating group) is 1. The average Bonchev–Trinajstić information content (AvgIpc) is 2.81. The lowest BCUT2D eigenvalue weighted by atomic mass is 10.0. The van der Waals surface area contributed by atoms with Crippen molar-refractivity contribution >= 4 is 50.9 Å². The summed E-state index contributed by atoms with van der Waals surface area (Å²) in [5.74, 6) is -0.0681. The minimum Gasteiger partial charge on any atom is -0.483 e. The van der Waals surface area contributed by atoms with Gasteiger partial charge in [-0.15, -0.1) is 0 Å². The minimum absolute atomic E-state index is 0.208. The molecule has 0 unspecified atom stereocenters. The van der Waals surface area contributed by atoms with Crippen LogP contribution in [-0.4, -0.2) is 35.9 Å². The molecule has 3 aromatic carbocycles. The summed E-state index contributed by atoms with van der Waals surface area (Å²) in [6, 6.07) is 21.2. The smallest absolute Gasteiger partial charge is 0.261 e. The lowest BCUT2D eigenvalue weighted by Gasteiger charge is -2.31. The Labute approximate surface area is 218 Å². The molecule has 1 N–H and O–H groups in total. The summed E-state index contributed by atoms with van der Waals surface area (Å²) in [6.07, 6.45) is 0.365. The van der Waals surface area contributed by atoms with Gasteiger partial charge in [0, 0.05) is 29.6 Å². The number of benzene rings is 3. The fraction of sp³-hybridized carbons (Fsp3) is 0.231. The molecule has 0 radical (unpaired) electrons. The first kappa shape index (κ1) is 26.1. The molecule has 178 valence electrons. The first-order chi connectivity index (χ1) is 16.4. The van der Waals surface area contributed by atoms with Crippen molar-refractivity contribution in [2.45, 2.75) is 25.9 Å². The van der Waals surface area contributed by atoms with Gasteiger partial charge in [-0.3, -0.25) is 9.59 Å². The molecule has 0 fully saturated rings. The van der Waals surface area contributed by atoms with Crippen LogP contribution in [0.5, 0.6) is 5.75 Å². The number of hydrogen-bond donors (Lipinski definition) is 1. The molecular weight excluding hydrogens is 539 g/mol. The Morgan fingerprint density at radius 2 is 1.68 bits per heavy atom. The van der Waals surface area contributed by atoms with E-state index in [-0.39, 0.29) is 25.0 Å². The largest absolute Gasteiger partial charge is 0.483 e. The van der Waals surface area contributed by atoms with Crippen molar-refractivity contribution in [3.63, 3.8) is 0 Å². The second-order valence-electron chi connectivity index (χ2n) is 7.62. The van der Waals surface area contributed by atoms with E-state index in [9.17, 15) is 9.59 Å². The van der Waals surface area contributed by atoms with Crippen LogP contribution >= 0.6 is 39.1 Å². The molecule has 1 atom stereocenters. The number of carbonyl (C=O) groups excluding carboxylic acids is 2. The van der Waals surface area contributed by atoms with Gasteiger partial charge in [0.05, 0.1) is 4.47 Å². The third kappa shape index (κ3) is 7.49. The number of amides is 2. The molecule has 0 saturated carbocycles. The summed E-state index contributed by atoms with van der Waals surface area (Å²) in [7, 11) is 0. The molecule has 0 spiro atoms. The molecule has 3 aromatic rings. The second-order valence-corrected chi connectivity index (χ2v) is 9.34. The van der Waals surface area contributed by atoms with Crippen LogP contribution < -0.4 is 10.1 Å². The highest BCUT2D eigenvalue weighted by molar-refractivity contribution is 9.10. The molecule has 0 aliphatic heterocycles. The topological polar surface area (TPSA) is 58.6 Å². The van der Waals surface area contributed by atoms with Crippen molar-refractivity contribution in [1.29, 1.82) is 0 Å². The van der Waals surface area contributed by atoms with E-state index < -0.39 is 6.04 Å². The van der Waals surface area contributed by atoms with Gasteiger partial charge in [-0.2, -0.15) is 0 Å². The van der Waals surface area contributed by atoms with E-state index in [1.54, 1.807) is 35.2 Å². The van der Waals surface area contributed by atoms with Gasteiger partial charge < -0.3 is 15.0 Å². The van der Waals surface area contributed by atoms with Crippen LogP contribution in [0.2, 0.25) is 10.0 Å². The zero-order valence-electron chi connectivity index (χ0n) is 18.6. The van der Waals surface area contributed by atoms with Gasteiger partial charge in [0.15, 0.2) is 6.61 Å². The van der Waals surface area contributed by atoms with E-state index in [2.05, 4.69) is 21.2 Å². The Morgan fingerprint density at radius 3 is 2.35 bits per heavy atom. The summed E-state index contributed by atoms with van der Waals surface area (Å²) in [5, 5.41) is 3.97. The second kappa shape index (κ2) is 12.8. The molecule has 0 aliphatic rings. The molecule has 0 heterocycles. The van der Waals surface area contributed by atoms with Crippen LogP contribution in [0.1, 0.15) is 18.1 Å². The van der Waals surface area contributed by atoms with Gasteiger partial charge in [-0.25, -0.2) is 0 Å². The number of hydrogen-bond acceptors (Lipinski definition) is 3. The van der Waals surface area contributed by atoms with Gasteiger partial charge in [0.1, 0.15) is 11.8 Å². The van der Waals surface area contributed by atoms with E-state index >= 15 is 0 Å². The fourth-order valence-corrected chi connectivity index (χ4v) is 4.50. The lowest BCUT2D eigenvalue weighted by Crippen LogP contribution is -2.51. The van der Waals surface area contributed by atoms with Crippen LogP contribution in [0.15, 0.2) is 77.3 Å². The Morgan fingerprint density at radius 1 is 0.971 bits per heavy atom. The quantitative estimate of drug-likeness (QED) is 0.333. The van der Waals surface area contributed by atoms with Gasteiger partial charge >= 0.3 is 0 Å². The van der Waals surface area contributed by atoms with Crippen molar-refractivity contribution < 1.29 is 14.3 Å².